The van der Waals surface area contributed by atoms with E-state index in [0.29, 0.717) is 11.1 Å². The molecule has 0 saturated carbocycles. The average Bonchev–Trinajstić information content (AvgIpc) is 2.37. The SMILES string of the molecule is Cc1ccccc1S(=O)(=O)[O-].Cc1ccccc1S(=O)(=O)[O-].[Co+2]. The number of rotatable bonds is 2. The zero-order valence-electron chi connectivity index (χ0n) is 12.2. The maximum atomic E-state index is 10.5. The number of hydrogen-bond donors (Lipinski definition) is 0. The fraction of sp³-hybridized carbons (Fsp3) is 0.143. The largest absolute Gasteiger partial charge is 2.00 e. The van der Waals surface area contributed by atoms with Crippen molar-refractivity contribution >= 4 is 20.2 Å². The van der Waals surface area contributed by atoms with E-state index in [1.807, 2.05) is 0 Å². The maximum absolute atomic E-state index is 10.5. The monoisotopic (exact) mass is 401 g/mol. The molecule has 0 saturated heterocycles. The zero-order valence-corrected chi connectivity index (χ0v) is 14.9. The Hall–Kier alpha value is -1.23. The number of hydrogen-bond acceptors (Lipinski definition) is 6. The molecule has 0 atom stereocenters. The van der Waals surface area contributed by atoms with Crippen molar-refractivity contribution in [2.45, 2.75) is 23.6 Å². The molecule has 2 aromatic rings. The Balaban J connectivity index is 0.000000403. The van der Waals surface area contributed by atoms with Crippen LogP contribution in [0.25, 0.3) is 0 Å². The molecule has 0 spiro atoms. The molecule has 0 N–H and O–H groups in total. The molecule has 0 amide bonds. The van der Waals surface area contributed by atoms with Gasteiger partial charge in [-0.1, -0.05) is 36.4 Å². The second-order valence-electron chi connectivity index (χ2n) is 4.44. The molecule has 0 aliphatic carbocycles. The molecular weight excluding hydrogens is 387 g/mol. The predicted octanol–water partition coefficient (Wildman–Crippen LogP) is 1.80. The summed E-state index contributed by atoms with van der Waals surface area (Å²) >= 11 is 0. The van der Waals surface area contributed by atoms with Crippen molar-refractivity contribution in [2.75, 3.05) is 0 Å². The summed E-state index contributed by atoms with van der Waals surface area (Å²) in [5.74, 6) is 0. The first-order chi connectivity index (χ1) is 10.0. The predicted molar refractivity (Wildman–Crippen MR) is 78.3 cm³/mol. The van der Waals surface area contributed by atoms with E-state index in [1.54, 1.807) is 38.1 Å². The number of aryl methyl sites for hydroxylation is 2. The number of benzene rings is 2. The van der Waals surface area contributed by atoms with Gasteiger partial charge in [0.15, 0.2) is 0 Å². The fourth-order valence-corrected chi connectivity index (χ4v) is 3.09. The molecule has 2 aromatic carbocycles. The van der Waals surface area contributed by atoms with Gasteiger partial charge in [-0.25, -0.2) is 16.8 Å². The third-order valence-corrected chi connectivity index (χ3v) is 4.72. The smallest absolute Gasteiger partial charge is 0.744 e. The van der Waals surface area contributed by atoms with Crippen LogP contribution in [-0.2, 0) is 37.0 Å². The van der Waals surface area contributed by atoms with Crippen LogP contribution in [0, 0.1) is 13.8 Å². The molecule has 127 valence electrons. The summed E-state index contributed by atoms with van der Waals surface area (Å²) in [6.45, 7) is 3.18. The van der Waals surface area contributed by atoms with Gasteiger partial charge in [-0.05, 0) is 37.1 Å². The Morgan fingerprint density at radius 3 is 1.09 bits per heavy atom. The van der Waals surface area contributed by atoms with Gasteiger partial charge in [0.1, 0.15) is 20.2 Å². The van der Waals surface area contributed by atoms with E-state index in [9.17, 15) is 25.9 Å². The molecule has 6 nitrogen and oxygen atoms in total. The van der Waals surface area contributed by atoms with E-state index in [0.717, 1.165) is 0 Å². The summed E-state index contributed by atoms with van der Waals surface area (Å²) in [7, 11) is -8.57. The molecule has 0 aliphatic heterocycles. The Morgan fingerprint density at radius 1 is 0.652 bits per heavy atom. The van der Waals surface area contributed by atoms with Gasteiger partial charge in [0.25, 0.3) is 0 Å². The van der Waals surface area contributed by atoms with Gasteiger partial charge in [-0.2, -0.15) is 0 Å². The third kappa shape index (κ3) is 6.81. The summed E-state index contributed by atoms with van der Waals surface area (Å²) in [4.78, 5) is -0.278. The topological polar surface area (TPSA) is 114 Å². The summed E-state index contributed by atoms with van der Waals surface area (Å²) in [6, 6.07) is 12.2. The Morgan fingerprint density at radius 2 is 0.913 bits per heavy atom. The molecule has 23 heavy (non-hydrogen) atoms. The van der Waals surface area contributed by atoms with Crippen LogP contribution < -0.4 is 0 Å². The van der Waals surface area contributed by atoms with Gasteiger partial charge in [-0.3, -0.25) is 0 Å². The first kappa shape index (κ1) is 21.8. The standard InChI is InChI=1S/2C7H8O3S.Co/c2*1-6-4-2-3-5-7(6)11(8,9)10;/h2*2-5H,1H3,(H,8,9,10);/q;;+2/p-2. The van der Waals surface area contributed by atoms with Crippen LogP contribution in [0.5, 0.6) is 0 Å². The van der Waals surface area contributed by atoms with Gasteiger partial charge < -0.3 is 9.11 Å². The van der Waals surface area contributed by atoms with Crippen molar-refractivity contribution in [3.8, 4) is 0 Å². The molecule has 0 aromatic heterocycles. The molecular formula is C14H14CoO6S2. The van der Waals surface area contributed by atoms with Gasteiger partial charge in [0.2, 0.25) is 0 Å². The van der Waals surface area contributed by atoms with E-state index < -0.39 is 20.2 Å². The summed E-state index contributed by atoms with van der Waals surface area (Å²) in [5.41, 5.74) is 0.977. The normalized spacial score (nSPS) is 11.0. The van der Waals surface area contributed by atoms with Crippen LogP contribution in [-0.4, -0.2) is 25.9 Å². The summed E-state index contributed by atoms with van der Waals surface area (Å²) in [5, 5.41) is 0. The van der Waals surface area contributed by atoms with E-state index in [2.05, 4.69) is 0 Å². The van der Waals surface area contributed by atoms with Crippen molar-refractivity contribution in [3.05, 3.63) is 59.7 Å². The summed E-state index contributed by atoms with van der Waals surface area (Å²) < 4.78 is 63.0. The van der Waals surface area contributed by atoms with Crippen LogP contribution in [0.4, 0.5) is 0 Å². The van der Waals surface area contributed by atoms with Crippen LogP contribution >= 0.6 is 0 Å². The van der Waals surface area contributed by atoms with Crippen molar-refractivity contribution in [1.82, 2.24) is 0 Å². The van der Waals surface area contributed by atoms with Gasteiger partial charge in [0, 0.05) is 0 Å². The van der Waals surface area contributed by atoms with E-state index in [4.69, 9.17) is 0 Å². The molecule has 0 aliphatic rings. The van der Waals surface area contributed by atoms with E-state index >= 15 is 0 Å². The molecule has 0 fully saturated rings. The Kier molecular flexibility index (Phi) is 8.11. The minimum absolute atomic E-state index is 0. The van der Waals surface area contributed by atoms with Crippen LogP contribution in [0.15, 0.2) is 58.3 Å². The van der Waals surface area contributed by atoms with Crippen molar-refractivity contribution in [2.24, 2.45) is 0 Å². The van der Waals surface area contributed by atoms with Gasteiger partial charge >= 0.3 is 16.8 Å². The minimum Gasteiger partial charge on any atom is -0.744 e. The zero-order chi connectivity index (χ0) is 17.0. The second-order valence-corrected chi connectivity index (χ2v) is 7.14. The minimum atomic E-state index is -4.28. The first-order valence-corrected chi connectivity index (χ1v) is 8.88. The van der Waals surface area contributed by atoms with Crippen molar-refractivity contribution in [3.63, 3.8) is 0 Å². The Labute approximate surface area is 146 Å². The van der Waals surface area contributed by atoms with Gasteiger partial charge in [0.05, 0.1) is 9.79 Å². The maximum Gasteiger partial charge on any atom is 2.00 e. The molecule has 0 unspecified atom stereocenters. The van der Waals surface area contributed by atoms with E-state index in [1.165, 1.54) is 24.3 Å². The fourth-order valence-electron chi connectivity index (χ4n) is 1.67. The Bertz CT molecular complexity index is 787. The van der Waals surface area contributed by atoms with Gasteiger partial charge in [-0.15, -0.1) is 0 Å². The van der Waals surface area contributed by atoms with Crippen molar-refractivity contribution < 1.29 is 42.7 Å². The first-order valence-electron chi connectivity index (χ1n) is 6.06. The summed E-state index contributed by atoms with van der Waals surface area (Å²) in [6.07, 6.45) is 0. The molecule has 9 heteroatoms. The van der Waals surface area contributed by atoms with Crippen LogP contribution in [0.2, 0.25) is 0 Å². The quantitative estimate of drug-likeness (QED) is 0.709. The molecule has 1 radical (unpaired) electrons. The average molecular weight is 401 g/mol. The van der Waals surface area contributed by atoms with Crippen LogP contribution in [0.3, 0.4) is 0 Å². The van der Waals surface area contributed by atoms with E-state index in [-0.39, 0.29) is 26.6 Å². The third-order valence-electron chi connectivity index (χ3n) is 2.73. The second kappa shape index (κ2) is 8.57. The van der Waals surface area contributed by atoms with Crippen LogP contribution in [0.1, 0.15) is 11.1 Å². The van der Waals surface area contributed by atoms with Crippen molar-refractivity contribution in [1.29, 1.82) is 0 Å². The molecule has 0 heterocycles. The molecule has 2 rings (SSSR count). The molecule has 0 bridgehead atoms.